The van der Waals surface area contributed by atoms with Crippen molar-refractivity contribution in [2.24, 2.45) is 0 Å². The van der Waals surface area contributed by atoms with Crippen LogP contribution in [-0.2, 0) is 11.1 Å². The van der Waals surface area contributed by atoms with Crippen LogP contribution in [0.2, 0.25) is 0 Å². The van der Waals surface area contributed by atoms with Crippen molar-refractivity contribution >= 4 is 13.3 Å². The number of benzene rings is 2. The van der Waals surface area contributed by atoms with Crippen molar-refractivity contribution in [1.29, 1.82) is 0 Å². The van der Waals surface area contributed by atoms with Crippen molar-refractivity contribution in [3.8, 4) is 11.5 Å². The molecular weight excluding hydrogens is 353 g/mol. The third-order valence-electron chi connectivity index (χ3n) is 4.13. The van der Waals surface area contributed by atoms with E-state index in [4.69, 9.17) is 14.5 Å². The van der Waals surface area contributed by atoms with Crippen LogP contribution in [0.25, 0.3) is 0 Å². The molecule has 4 N–H and O–H groups in total. The Kier molecular flexibility index (Phi) is 6.34. The first kappa shape index (κ1) is 20.3. The Morgan fingerprint density at radius 3 is 2.31 bits per heavy atom. The minimum atomic E-state index is -4.21. The number of anilines is 1. The topological polar surface area (TPSA) is 99.0 Å². The van der Waals surface area contributed by atoms with Crippen LogP contribution in [0.5, 0.6) is 11.5 Å². The quantitative estimate of drug-likeness (QED) is 0.537. The fraction of sp³-hybridized carbons (Fsp3) is 0.368. The molecule has 0 unspecified atom stereocenters. The van der Waals surface area contributed by atoms with Gasteiger partial charge in [0.05, 0.1) is 0 Å². The van der Waals surface area contributed by atoms with Crippen LogP contribution >= 0.6 is 7.60 Å². The first-order valence-electron chi connectivity index (χ1n) is 8.41. The molecule has 6 nitrogen and oxygen atoms in total. The molecule has 0 bridgehead atoms. The van der Waals surface area contributed by atoms with Crippen LogP contribution in [0.15, 0.2) is 30.3 Å². The summed E-state index contributed by atoms with van der Waals surface area (Å²) in [6, 6.07) is 9.21. The summed E-state index contributed by atoms with van der Waals surface area (Å²) in [4.78, 5) is 17.8. The summed E-state index contributed by atoms with van der Waals surface area (Å²) in [5, 5.41) is 13.8. The maximum atomic E-state index is 10.9. The van der Waals surface area contributed by atoms with E-state index < -0.39 is 13.9 Å². The monoisotopic (exact) mass is 379 g/mol. The second-order valence-electron chi connectivity index (χ2n) is 6.73. The summed E-state index contributed by atoms with van der Waals surface area (Å²) in [5.41, 5.74) is 4.43. The van der Waals surface area contributed by atoms with Gasteiger partial charge in [-0.25, -0.2) is 0 Å². The average molecular weight is 379 g/mol. The lowest BCUT2D eigenvalue weighted by atomic mass is 9.99. The number of hydrogen-bond acceptors (Lipinski definition) is 4. The van der Waals surface area contributed by atoms with Gasteiger partial charge in [-0.3, -0.25) is 4.57 Å². The Hall–Kier alpha value is -2.01. The zero-order chi connectivity index (χ0) is 19.5. The van der Waals surface area contributed by atoms with E-state index in [9.17, 15) is 9.67 Å². The van der Waals surface area contributed by atoms with Crippen LogP contribution in [0.1, 0.15) is 42.0 Å². The van der Waals surface area contributed by atoms with Gasteiger partial charge in [-0.2, -0.15) is 0 Å². The van der Waals surface area contributed by atoms with E-state index in [0.717, 1.165) is 27.9 Å². The molecule has 0 fully saturated rings. The maximum absolute atomic E-state index is 10.9. The van der Waals surface area contributed by atoms with Gasteiger partial charge in [0.15, 0.2) is 6.35 Å². The van der Waals surface area contributed by atoms with Crippen LogP contribution < -0.4 is 10.1 Å². The number of rotatable bonds is 7. The van der Waals surface area contributed by atoms with Gasteiger partial charge in [-0.1, -0.05) is 32.0 Å². The van der Waals surface area contributed by atoms with E-state index in [2.05, 4.69) is 5.32 Å². The first-order valence-corrected chi connectivity index (χ1v) is 10.2. The first-order chi connectivity index (χ1) is 12.1. The number of ether oxygens (including phenoxy) is 1. The Labute approximate surface area is 154 Å². The van der Waals surface area contributed by atoms with E-state index in [1.165, 1.54) is 0 Å². The lowest BCUT2D eigenvalue weighted by molar-refractivity contribution is 0.300. The van der Waals surface area contributed by atoms with Crippen molar-refractivity contribution in [3.63, 3.8) is 0 Å². The lowest BCUT2D eigenvalue weighted by Crippen LogP contribution is -2.05. The number of phenolic OH excluding ortho intramolecular Hbond substituents is 1. The highest BCUT2D eigenvalue weighted by Crippen LogP contribution is 2.36. The number of para-hydroxylation sites is 1. The molecule has 0 aliphatic rings. The highest BCUT2D eigenvalue weighted by molar-refractivity contribution is 7.51. The SMILES string of the molecule is Cc1cc(OCP(=O)(O)O)cc(C)c1NCc1cccc(C(C)C)c1O. The van der Waals surface area contributed by atoms with Gasteiger partial charge in [0.2, 0.25) is 0 Å². The summed E-state index contributed by atoms with van der Waals surface area (Å²) in [5.74, 6) is 0.967. The fourth-order valence-corrected chi connectivity index (χ4v) is 3.17. The third-order valence-corrected chi connectivity index (χ3v) is 4.60. The Balaban J connectivity index is 2.16. The third kappa shape index (κ3) is 5.24. The molecule has 0 aliphatic heterocycles. The molecule has 26 heavy (non-hydrogen) atoms. The van der Waals surface area contributed by atoms with Crippen molar-refractivity contribution in [2.45, 2.75) is 40.2 Å². The second kappa shape index (κ2) is 8.12. The zero-order valence-electron chi connectivity index (χ0n) is 15.5. The maximum Gasteiger partial charge on any atom is 0.362 e. The van der Waals surface area contributed by atoms with Gasteiger partial charge >= 0.3 is 7.60 Å². The number of nitrogens with one attached hydrogen (secondary N) is 1. The predicted octanol–water partition coefficient (Wildman–Crippen LogP) is 4.26. The predicted molar refractivity (Wildman–Crippen MR) is 103 cm³/mol. The minimum Gasteiger partial charge on any atom is -0.507 e. The molecular formula is C19H26NO5P. The van der Waals surface area contributed by atoms with Crippen molar-refractivity contribution in [1.82, 2.24) is 0 Å². The Morgan fingerprint density at radius 1 is 1.15 bits per heavy atom. The molecule has 2 rings (SSSR count). The van der Waals surface area contributed by atoms with Gasteiger partial charge in [-0.05, 0) is 48.6 Å². The molecule has 0 atom stereocenters. The number of hydrogen-bond donors (Lipinski definition) is 4. The summed E-state index contributed by atoms with van der Waals surface area (Å²) >= 11 is 0. The Bertz CT molecular complexity index is 806. The van der Waals surface area contributed by atoms with E-state index in [-0.39, 0.29) is 5.92 Å². The number of aromatic hydroxyl groups is 1. The molecule has 0 spiro atoms. The summed E-state index contributed by atoms with van der Waals surface area (Å²) in [7, 11) is -4.21. The van der Waals surface area contributed by atoms with Gasteiger partial charge in [0.1, 0.15) is 11.5 Å². The molecule has 0 saturated carbocycles. The van der Waals surface area contributed by atoms with Crippen LogP contribution in [0.4, 0.5) is 5.69 Å². The molecule has 0 radical (unpaired) electrons. The minimum absolute atomic E-state index is 0.240. The molecule has 2 aromatic rings. The van der Waals surface area contributed by atoms with Crippen LogP contribution in [0.3, 0.4) is 0 Å². The average Bonchev–Trinajstić information content (AvgIpc) is 2.52. The van der Waals surface area contributed by atoms with Gasteiger partial charge in [0.25, 0.3) is 0 Å². The molecule has 142 valence electrons. The second-order valence-corrected chi connectivity index (χ2v) is 8.32. The van der Waals surface area contributed by atoms with Gasteiger partial charge < -0.3 is 24.9 Å². The van der Waals surface area contributed by atoms with Gasteiger partial charge in [-0.15, -0.1) is 0 Å². The van der Waals surface area contributed by atoms with E-state index in [0.29, 0.717) is 18.0 Å². The number of aryl methyl sites for hydroxylation is 2. The lowest BCUT2D eigenvalue weighted by Gasteiger charge is -2.17. The van der Waals surface area contributed by atoms with E-state index in [1.807, 2.05) is 45.9 Å². The Morgan fingerprint density at radius 2 is 1.77 bits per heavy atom. The fourth-order valence-electron chi connectivity index (χ4n) is 2.85. The van der Waals surface area contributed by atoms with E-state index in [1.54, 1.807) is 12.1 Å². The largest absolute Gasteiger partial charge is 0.507 e. The summed E-state index contributed by atoms with van der Waals surface area (Å²) in [6.45, 7) is 8.33. The molecule has 7 heteroatoms. The molecule has 0 amide bonds. The van der Waals surface area contributed by atoms with Gasteiger partial charge in [0, 0.05) is 17.8 Å². The van der Waals surface area contributed by atoms with Crippen LogP contribution in [-0.4, -0.2) is 21.2 Å². The summed E-state index contributed by atoms with van der Waals surface area (Å²) in [6.07, 6.45) is -0.644. The smallest absolute Gasteiger partial charge is 0.362 e. The number of phenols is 1. The molecule has 0 heterocycles. The van der Waals surface area contributed by atoms with Crippen molar-refractivity contribution in [3.05, 3.63) is 52.6 Å². The van der Waals surface area contributed by atoms with Crippen molar-refractivity contribution < 1.29 is 24.2 Å². The highest BCUT2D eigenvalue weighted by atomic mass is 31.2. The standard InChI is InChI=1S/C19H26NO5P/c1-12(2)17-7-5-6-15(19(17)21)10-20-18-13(3)8-16(9-14(18)4)25-11-26(22,23)24/h5-9,12,20-21H,10-11H2,1-4H3,(H2,22,23,24). The van der Waals surface area contributed by atoms with E-state index >= 15 is 0 Å². The summed E-state index contributed by atoms with van der Waals surface area (Å²) < 4.78 is 16.1. The molecule has 0 aromatic heterocycles. The normalized spacial score (nSPS) is 11.7. The van der Waals surface area contributed by atoms with Crippen LogP contribution in [0, 0.1) is 13.8 Å². The highest BCUT2D eigenvalue weighted by Gasteiger charge is 2.15. The zero-order valence-corrected chi connectivity index (χ0v) is 16.4. The molecule has 0 saturated heterocycles. The van der Waals surface area contributed by atoms with Crippen molar-refractivity contribution in [2.75, 3.05) is 11.7 Å². The molecule has 0 aliphatic carbocycles. The molecule has 2 aromatic carbocycles.